The molecule has 0 aliphatic heterocycles. The monoisotopic (exact) mass is 330 g/mol. The molecule has 24 heavy (non-hydrogen) atoms. The Labute approximate surface area is 136 Å². The summed E-state index contributed by atoms with van der Waals surface area (Å²) < 4.78 is 48.6. The molecule has 0 aliphatic carbocycles. The first kappa shape index (κ1) is 15.9. The lowest BCUT2D eigenvalue weighted by Gasteiger charge is -2.09. The van der Waals surface area contributed by atoms with Gasteiger partial charge in [-0.05, 0) is 54.6 Å². The van der Waals surface area contributed by atoms with Crippen molar-refractivity contribution < 1.29 is 22.6 Å². The number of halogens is 3. The van der Waals surface area contributed by atoms with Crippen molar-refractivity contribution in [1.82, 2.24) is 4.98 Å². The highest BCUT2D eigenvalue weighted by atomic mass is 19.4. The molecule has 0 bridgehead atoms. The molecule has 2 aromatic carbocycles. The van der Waals surface area contributed by atoms with Crippen LogP contribution in [0.15, 0.2) is 66.9 Å². The van der Waals surface area contributed by atoms with Crippen molar-refractivity contribution in [1.29, 1.82) is 0 Å². The first-order chi connectivity index (χ1) is 11.5. The van der Waals surface area contributed by atoms with Gasteiger partial charge in [0.25, 0.3) is 0 Å². The number of pyridine rings is 1. The van der Waals surface area contributed by atoms with Crippen LogP contribution in [0.1, 0.15) is 5.56 Å². The van der Waals surface area contributed by atoms with Crippen molar-refractivity contribution in [3.8, 4) is 23.1 Å². The van der Waals surface area contributed by atoms with Crippen molar-refractivity contribution in [2.75, 3.05) is 0 Å². The van der Waals surface area contributed by atoms with Crippen LogP contribution in [0.5, 0.6) is 23.1 Å². The molecule has 121 valence electrons. The normalized spacial score (nSPS) is 11.1. The number of ether oxygens (including phenoxy) is 2. The lowest BCUT2D eigenvalue weighted by molar-refractivity contribution is -0.137. The van der Waals surface area contributed by atoms with Gasteiger partial charge < -0.3 is 9.47 Å². The van der Waals surface area contributed by atoms with Crippen LogP contribution in [0, 0.1) is 6.07 Å². The van der Waals surface area contributed by atoms with E-state index in [1.807, 2.05) is 0 Å². The molecule has 1 heterocycles. The Balaban J connectivity index is 1.66. The molecule has 0 atom stereocenters. The van der Waals surface area contributed by atoms with Gasteiger partial charge in [0, 0.05) is 18.3 Å². The average Bonchev–Trinajstić information content (AvgIpc) is 2.57. The molecule has 0 fully saturated rings. The van der Waals surface area contributed by atoms with E-state index in [0.717, 1.165) is 12.1 Å². The number of benzene rings is 2. The van der Waals surface area contributed by atoms with Gasteiger partial charge in [-0.25, -0.2) is 4.98 Å². The summed E-state index contributed by atoms with van der Waals surface area (Å²) in [6.45, 7) is 0. The minimum atomic E-state index is -4.36. The topological polar surface area (TPSA) is 31.4 Å². The standard InChI is InChI=1S/C18H11F3NO2/c19-18(20,21)13-4-6-14(7-5-13)23-15-8-10-16(11-9-15)24-17-3-1-2-12-22-17/h1,3-12H. The van der Waals surface area contributed by atoms with Crippen LogP contribution in [0.25, 0.3) is 0 Å². The number of hydrogen-bond donors (Lipinski definition) is 0. The molecule has 3 aromatic rings. The van der Waals surface area contributed by atoms with Gasteiger partial charge in [-0.3, -0.25) is 0 Å². The third kappa shape index (κ3) is 4.04. The van der Waals surface area contributed by atoms with Crippen LogP contribution in [-0.4, -0.2) is 4.98 Å². The third-order valence-electron chi connectivity index (χ3n) is 3.05. The van der Waals surface area contributed by atoms with Crippen molar-refractivity contribution >= 4 is 0 Å². The maximum atomic E-state index is 12.5. The number of hydrogen-bond acceptors (Lipinski definition) is 3. The summed E-state index contributed by atoms with van der Waals surface area (Å²) >= 11 is 0. The minimum Gasteiger partial charge on any atom is -0.457 e. The summed E-state index contributed by atoms with van der Waals surface area (Å²) in [5, 5.41) is 0. The second-order valence-corrected chi connectivity index (χ2v) is 4.79. The fourth-order valence-corrected chi connectivity index (χ4v) is 1.91. The highest BCUT2D eigenvalue weighted by molar-refractivity contribution is 5.37. The van der Waals surface area contributed by atoms with Crippen molar-refractivity contribution in [3.05, 3.63) is 78.5 Å². The summed E-state index contributed by atoms with van der Waals surface area (Å²) in [5.41, 5.74) is -0.716. The molecular weight excluding hydrogens is 319 g/mol. The number of nitrogens with zero attached hydrogens (tertiary/aromatic N) is 1. The highest BCUT2D eigenvalue weighted by Gasteiger charge is 2.30. The van der Waals surface area contributed by atoms with E-state index >= 15 is 0 Å². The molecule has 6 heteroatoms. The van der Waals surface area contributed by atoms with Crippen molar-refractivity contribution in [2.45, 2.75) is 6.18 Å². The Morgan fingerprint density at radius 2 is 1.29 bits per heavy atom. The highest BCUT2D eigenvalue weighted by Crippen LogP contribution is 2.31. The van der Waals surface area contributed by atoms with E-state index in [1.54, 1.807) is 36.4 Å². The molecule has 0 N–H and O–H groups in total. The van der Waals surface area contributed by atoms with Crippen molar-refractivity contribution in [2.24, 2.45) is 0 Å². The first-order valence-corrected chi connectivity index (χ1v) is 6.96. The third-order valence-corrected chi connectivity index (χ3v) is 3.05. The predicted octanol–water partition coefficient (Wildman–Crippen LogP) is 5.49. The van der Waals surface area contributed by atoms with Crippen LogP contribution in [-0.2, 0) is 6.18 Å². The molecule has 1 radical (unpaired) electrons. The first-order valence-electron chi connectivity index (χ1n) is 6.96. The fourth-order valence-electron chi connectivity index (χ4n) is 1.91. The largest absolute Gasteiger partial charge is 0.457 e. The quantitative estimate of drug-likeness (QED) is 0.634. The Kier molecular flexibility index (Phi) is 4.37. The van der Waals surface area contributed by atoms with Gasteiger partial charge in [-0.15, -0.1) is 0 Å². The Hall–Kier alpha value is -3.02. The summed E-state index contributed by atoms with van der Waals surface area (Å²) in [4.78, 5) is 3.99. The van der Waals surface area contributed by atoms with E-state index in [-0.39, 0.29) is 0 Å². The van der Waals surface area contributed by atoms with Gasteiger partial charge >= 0.3 is 6.18 Å². The SMILES string of the molecule is FC(F)(F)c1ccc(Oc2ccc(Oc3cc[c]cn3)cc2)cc1. The van der Waals surface area contributed by atoms with E-state index in [2.05, 4.69) is 11.1 Å². The lowest BCUT2D eigenvalue weighted by Crippen LogP contribution is -2.03. The average molecular weight is 330 g/mol. The molecule has 3 rings (SSSR count). The maximum absolute atomic E-state index is 12.5. The number of rotatable bonds is 4. The van der Waals surface area contributed by atoms with Gasteiger partial charge in [0.2, 0.25) is 5.88 Å². The second kappa shape index (κ2) is 6.62. The Morgan fingerprint density at radius 1 is 0.750 bits per heavy atom. The van der Waals surface area contributed by atoms with Crippen molar-refractivity contribution in [3.63, 3.8) is 0 Å². The zero-order valence-corrected chi connectivity index (χ0v) is 12.2. The van der Waals surface area contributed by atoms with Crippen LogP contribution < -0.4 is 9.47 Å². The lowest BCUT2D eigenvalue weighted by atomic mass is 10.2. The molecule has 0 spiro atoms. The van der Waals surface area contributed by atoms with Gasteiger partial charge in [0.15, 0.2) is 0 Å². The number of aromatic nitrogens is 1. The van der Waals surface area contributed by atoms with Gasteiger partial charge in [0.05, 0.1) is 5.56 Å². The van der Waals surface area contributed by atoms with E-state index in [9.17, 15) is 13.2 Å². The Bertz CT molecular complexity index is 785. The van der Waals surface area contributed by atoms with Crippen LogP contribution in [0.4, 0.5) is 13.2 Å². The van der Waals surface area contributed by atoms with Crippen LogP contribution >= 0.6 is 0 Å². The van der Waals surface area contributed by atoms with Crippen LogP contribution in [0.2, 0.25) is 0 Å². The minimum absolute atomic E-state index is 0.317. The van der Waals surface area contributed by atoms with Crippen LogP contribution in [0.3, 0.4) is 0 Å². The molecule has 0 amide bonds. The van der Waals surface area contributed by atoms with Gasteiger partial charge in [-0.2, -0.15) is 13.2 Å². The molecule has 0 unspecified atom stereocenters. The second-order valence-electron chi connectivity index (χ2n) is 4.79. The summed E-state index contributed by atoms with van der Waals surface area (Å²) in [6, 6.07) is 17.3. The van der Waals surface area contributed by atoms with E-state index in [4.69, 9.17) is 9.47 Å². The van der Waals surface area contributed by atoms with E-state index in [0.29, 0.717) is 23.1 Å². The van der Waals surface area contributed by atoms with Gasteiger partial charge in [-0.1, -0.05) is 0 Å². The molecule has 1 aromatic heterocycles. The molecule has 3 nitrogen and oxygen atoms in total. The zero-order valence-electron chi connectivity index (χ0n) is 12.2. The zero-order chi connectivity index (χ0) is 17.0. The van der Waals surface area contributed by atoms with Gasteiger partial charge in [0.1, 0.15) is 17.2 Å². The molecule has 0 aliphatic rings. The molecular formula is C18H11F3NO2. The summed E-state index contributed by atoms with van der Waals surface area (Å²) in [5.74, 6) is 1.80. The fraction of sp³-hybridized carbons (Fsp3) is 0.0556. The van der Waals surface area contributed by atoms with E-state index < -0.39 is 11.7 Å². The Morgan fingerprint density at radius 3 is 1.79 bits per heavy atom. The summed E-state index contributed by atoms with van der Waals surface area (Å²) in [7, 11) is 0. The number of alkyl halides is 3. The smallest absolute Gasteiger partial charge is 0.416 e. The predicted molar refractivity (Wildman–Crippen MR) is 81.1 cm³/mol. The molecule has 0 saturated heterocycles. The molecule has 0 saturated carbocycles. The maximum Gasteiger partial charge on any atom is 0.416 e. The summed E-state index contributed by atoms with van der Waals surface area (Å²) in [6.07, 6.45) is -2.86. The van der Waals surface area contributed by atoms with E-state index in [1.165, 1.54) is 18.3 Å².